The van der Waals surface area contributed by atoms with Crippen LogP contribution < -0.4 is 4.74 Å². The van der Waals surface area contributed by atoms with E-state index in [1.165, 1.54) is 31.2 Å². The fraction of sp³-hybridized carbons (Fsp3) is 0.435. The maximum Gasteiger partial charge on any atom is 0.119 e. The van der Waals surface area contributed by atoms with Gasteiger partial charge in [0.25, 0.3) is 0 Å². The van der Waals surface area contributed by atoms with Crippen LogP contribution in [0.25, 0.3) is 0 Å². The molecule has 2 aliphatic rings. The van der Waals surface area contributed by atoms with Crippen LogP contribution in [0.15, 0.2) is 60.7 Å². The van der Waals surface area contributed by atoms with Gasteiger partial charge in [0.15, 0.2) is 0 Å². The van der Waals surface area contributed by atoms with Gasteiger partial charge in [-0.15, -0.1) is 0 Å². The molecule has 0 N–H and O–H groups in total. The van der Waals surface area contributed by atoms with Gasteiger partial charge in [0.1, 0.15) is 12.4 Å². The third-order valence-corrected chi connectivity index (χ3v) is 6.38. The van der Waals surface area contributed by atoms with Crippen LogP contribution in [0.4, 0.5) is 0 Å². The normalized spacial score (nSPS) is 25.6. The van der Waals surface area contributed by atoms with E-state index < -0.39 is 0 Å². The van der Waals surface area contributed by atoms with E-state index in [-0.39, 0.29) is 0 Å². The monoisotopic (exact) mass is 365 g/mol. The Balaban J connectivity index is 1.55. The molecule has 26 heavy (non-hydrogen) atoms. The van der Waals surface area contributed by atoms with Crippen molar-refractivity contribution in [2.45, 2.75) is 44.7 Å². The summed E-state index contributed by atoms with van der Waals surface area (Å²) in [6.07, 6.45) is 6.41. The molecule has 0 bridgehead atoms. The smallest absolute Gasteiger partial charge is 0.119 e. The number of hydrogen-bond acceptors (Lipinski definition) is 2. The zero-order chi connectivity index (χ0) is 17.8. The Bertz CT molecular complexity index is 718. The minimum absolute atomic E-state index is 0.377. The van der Waals surface area contributed by atoms with Crippen LogP contribution in [-0.4, -0.2) is 22.5 Å². The minimum atomic E-state index is 0.377. The van der Waals surface area contributed by atoms with E-state index in [4.69, 9.17) is 17.0 Å². The van der Waals surface area contributed by atoms with Gasteiger partial charge in [0, 0.05) is 13.0 Å². The number of fused-ring (bicyclic) bond motifs is 1. The lowest BCUT2D eigenvalue weighted by molar-refractivity contribution is 0.0609. The van der Waals surface area contributed by atoms with Gasteiger partial charge in [-0.2, -0.15) is 0 Å². The number of para-hydroxylation sites is 1. The molecule has 1 saturated carbocycles. The molecular formula is C23H27NOS. The molecule has 3 unspecified atom stereocenters. The third kappa shape index (κ3) is 3.93. The van der Waals surface area contributed by atoms with Crippen LogP contribution >= 0.6 is 12.2 Å². The topological polar surface area (TPSA) is 12.5 Å². The van der Waals surface area contributed by atoms with Crippen molar-refractivity contribution in [2.24, 2.45) is 11.8 Å². The van der Waals surface area contributed by atoms with E-state index in [1.807, 2.05) is 30.3 Å². The Morgan fingerprint density at radius 3 is 2.38 bits per heavy atom. The maximum atomic E-state index is 6.21. The Morgan fingerprint density at radius 1 is 0.923 bits per heavy atom. The van der Waals surface area contributed by atoms with Crippen LogP contribution in [0, 0.1) is 11.8 Å². The number of hydrogen-bond donors (Lipinski definition) is 0. The molecule has 0 radical (unpaired) electrons. The quantitative estimate of drug-likeness (QED) is 0.652. The summed E-state index contributed by atoms with van der Waals surface area (Å²) in [6, 6.07) is 21.3. The Labute approximate surface area is 162 Å². The summed E-state index contributed by atoms with van der Waals surface area (Å²) in [4.78, 5) is 3.58. The Kier molecular flexibility index (Phi) is 5.54. The lowest BCUT2D eigenvalue weighted by Gasteiger charge is -2.48. The van der Waals surface area contributed by atoms with Gasteiger partial charge < -0.3 is 9.64 Å². The molecule has 3 heteroatoms. The van der Waals surface area contributed by atoms with Crippen molar-refractivity contribution >= 4 is 17.2 Å². The van der Waals surface area contributed by atoms with Crippen molar-refractivity contribution in [1.82, 2.24) is 4.90 Å². The number of thiocarbonyl (C=S) groups is 1. The standard InChI is InChI=1S/C23H27NOS/c26-23-15-19-11-7-8-14-21(19)22(17-25-20-12-5-2-6-13-20)24(23)16-18-9-3-1-4-10-18/h1-6,9-10,12-13,19,21-22H,7-8,11,14-17H2. The predicted molar refractivity (Wildman–Crippen MR) is 110 cm³/mol. The number of ether oxygens (including phenoxy) is 1. The van der Waals surface area contributed by atoms with Gasteiger partial charge in [0.05, 0.1) is 11.0 Å². The predicted octanol–water partition coefficient (Wildman–Crippen LogP) is 5.47. The lowest BCUT2D eigenvalue weighted by Crippen LogP contribution is -2.54. The van der Waals surface area contributed by atoms with Gasteiger partial charge in [-0.3, -0.25) is 0 Å². The van der Waals surface area contributed by atoms with Crippen molar-refractivity contribution < 1.29 is 4.74 Å². The fourth-order valence-electron chi connectivity index (χ4n) is 4.65. The molecule has 0 amide bonds. The van der Waals surface area contributed by atoms with Crippen LogP contribution in [-0.2, 0) is 6.54 Å². The second-order valence-corrected chi connectivity index (χ2v) is 8.08. The molecule has 1 aliphatic carbocycles. The molecule has 0 spiro atoms. The lowest BCUT2D eigenvalue weighted by atomic mass is 9.71. The SMILES string of the molecule is S=C1CC2CCCCC2C(COc2ccccc2)N1Cc1ccccc1. The van der Waals surface area contributed by atoms with E-state index in [1.54, 1.807) is 0 Å². The molecule has 2 fully saturated rings. The van der Waals surface area contributed by atoms with Crippen molar-refractivity contribution in [2.75, 3.05) is 6.61 Å². The van der Waals surface area contributed by atoms with Crippen LogP contribution in [0.1, 0.15) is 37.7 Å². The van der Waals surface area contributed by atoms with Crippen LogP contribution in [0.5, 0.6) is 5.75 Å². The first-order valence-corrected chi connectivity index (χ1v) is 10.2. The zero-order valence-electron chi connectivity index (χ0n) is 15.2. The summed E-state index contributed by atoms with van der Waals surface area (Å²) >= 11 is 5.87. The van der Waals surface area contributed by atoms with E-state index in [9.17, 15) is 0 Å². The van der Waals surface area contributed by atoms with Gasteiger partial charge in [-0.25, -0.2) is 0 Å². The summed E-state index contributed by atoms with van der Waals surface area (Å²) in [6.45, 7) is 1.61. The highest BCUT2D eigenvalue weighted by Gasteiger charge is 2.41. The number of benzene rings is 2. The number of piperidine rings is 1. The molecule has 2 aromatic carbocycles. The second-order valence-electron chi connectivity index (χ2n) is 7.61. The van der Waals surface area contributed by atoms with Gasteiger partial charge >= 0.3 is 0 Å². The molecule has 1 heterocycles. The van der Waals surface area contributed by atoms with E-state index in [2.05, 4.69) is 35.2 Å². The number of nitrogens with zero attached hydrogens (tertiary/aromatic N) is 1. The summed E-state index contributed by atoms with van der Waals surface area (Å²) in [5.74, 6) is 2.39. The molecule has 1 aliphatic heterocycles. The van der Waals surface area contributed by atoms with E-state index in [0.717, 1.165) is 36.2 Å². The number of rotatable bonds is 5. The highest BCUT2D eigenvalue weighted by Crippen LogP contribution is 2.41. The molecule has 2 aromatic rings. The minimum Gasteiger partial charge on any atom is -0.491 e. The van der Waals surface area contributed by atoms with Crippen LogP contribution in [0.3, 0.4) is 0 Å². The first kappa shape index (κ1) is 17.5. The average Bonchev–Trinajstić information content (AvgIpc) is 2.69. The molecule has 1 saturated heterocycles. The molecule has 4 rings (SSSR count). The summed E-state index contributed by atoms with van der Waals surface area (Å²) in [7, 11) is 0. The summed E-state index contributed by atoms with van der Waals surface area (Å²) < 4.78 is 6.21. The number of likely N-dealkylation sites (tertiary alicyclic amines) is 1. The maximum absolute atomic E-state index is 6.21. The average molecular weight is 366 g/mol. The highest BCUT2D eigenvalue weighted by molar-refractivity contribution is 7.80. The molecule has 3 atom stereocenters. The van der Waals surface area contributed by atoms with E-state index >= 15 is 0 Å². The van der Waals surface area contributed by atoms with Gasteiger partial charge in [0.2, 0.25) is 0 Å². The Morgan fingerprint density at radius 2 is 1.62 bits per heavy atom. The first-order valence-electron chi connectivity index (χ1n) is 9.82. The van der Waals surface area contributed by atoms with Crippen molar-refractivity contribution in [3.05, 3.63) is 66.2 Å². The van der Waals surface area contributed by atoms with Crippen molar-refractivity contribution in [3.63, 3.8) is 0 Å². The summed E-state index contributed by atoms with van der Waals surface area (Å²) in [5.41, 5.74) is 1.33. The van der Waals surface area contributed by atoms with Crippen molar-refractivity contribution in [3.8, 4) is 5.75 Å². The van der Waals surface area contributed by atoms with Gasteiger partial charge in [-0.1, -0.05) is 73.6 Å². The van der Waals surface area contributed by atoms with E-state index in [0.29, 0.717) is 12.0 Å². The molecule has 136 valence electrons. The molecule has 2 nitrogen and oxygen atoms in total. The highest BCUT2D eigenvalue weighted by atomic mass is 32.1. The largest absolute Gasteiger partial charge is 0.491 e. The third-order valence-electron chi connectivity index (χ3n) is 5.98. The fourth-order valence-corrected chi connectivity index (χ4v) is 5.07. The van der Waals surface area contributed by atoms with Crippen molar-refractivity contribution in [1.29, 1.82) is 0 Å². The second kappa shape index (κ2) is 8.22. The Hall–Kier alpha value is -1.87. The zero-order valence-corrected chi connectivity index (χ0v) is 16.0. The van der Waals surface area contributed by atoms with Crippen LogP contribution in [0.2, 0.25) is 0 Å². The molecule has 0 aromatic heterocycles. The summed E-state index contributed by atoms with van der Waals surface area (Å²) in [5, 5.41) is 0. The van der Waals surface area contributed by atoms with Gasteiger partial charge in [-0.05, 0) is 42.4 Å². The molecular weight excluding hydrogens is 338 g/mol. The first-order chi connectivity index (χ1) is 12.8.